The second kappa shape index (κ2) is 9.67. The molecule has 0 unspecified atom stereocenters. The number of carbonyl (C=O) groups is 3. The summed E-state index contributed by atoms with van der Waals surface area (Å²) in [6.07, 6.45) is 3.58. The van der Waals surface area contributed by atoms with Crippen molar-refractivity contribution in [3.63, 3.8) is 0 Å². The van der Waals surface area contributed by atoms with Crippen LogP contribution in [0.1, 0.15) is 55.2 Å². The predicted octanol–water partition coefficient (Wildman–Crippen LogP) is 1.28. The summed E-state index contributed by atoms with van der Waals surface area (Å²) in [5.41, 5.74) is 0.261. The van der Waals surface area contributed by atoms with E-state index in [9.17, 15) is 29.4 Å². The van der Waals surface area contributed by atoms with Crippen molar-refractivity contribution in [3.05, 3.63) is 33.3 Å². The van der Waals surface area contributed by atoms with E-state index in [-0.39, 0.29) is 55.7 Å². The van der Waals surface area contributed by atoms with Gasteiger partial charge in [0.05, 0.1) is 5.69 Å². The first-order valence-corrected chi connectivity index (χ1v) is 12.1. The first kappa shape index (κ1) is 25.3. The Morgan fingerprint density at radius 1 is 1.22 bits per heavy atom. The Balaban J connectivity index is 1.73. The average Bonchev–Trinajstić information content (AvgIpc) is 3.55. The molecule has 0 bridgehead atoms. The number of nitrogens with zero attached hydrogens (tertiary/aromatic N) is 5. The van der Waals surface area contributed by atoms with Gasteiger partial charge < -0.3 is 25.3 Å². The Hall–Kier alpha value is -3.83. The van der Waals surface area contributed by atoms with Gasteiger partial charge in [-0.15, -0.1) is 0 Å². The monoisotopic (exact) mass is 500 g/mol. The molecule has 1 atom stereocenters. The molecule has 2 aromatic rings. The number of aromatic nitrogens is 3. The van der Waals surface area contributed by atoms with Crippen LogP contribution in [-0.4, -0.2) is 83.8 Å². The molecule has 3 heterocycles. The zero-order chi connectivity index (χ0) is 26.3. The summed E-state index contributed by atoms with van der Waals surface area (Å²) in [6.45, 7) is 8.33. The van der Waals surface area contributed by atoms with Gasteiger partial charge in [-0.2, -0.15) is 9.61 Å². The number of carbonyl (C=O) groups excluding carboxylic acids is 2. The molecule has 1 aliphatic carbocycles. The van der Waals surface area contributed by atoms with E-state index in [1.165, 1.54) is 20.1 Å². The van der Waals surface area contributed by atoms with Gasteiger partial charge in [-0.1, -0.05) is 13.8 Å². The van der Waals surface area contributed by atoms with Crippen molar-refractivity contribution >= 4 is 29.6 Å². The maximum Gasteiger partial charge on any atom is 0.407 e. The number of aryl methyl sites for hydroxylation is 1. The van der Waals surface area contributed by atoms with Gasteiger partial charge in [-0.25, -0.2) is 4.79 Å². The van der Waals surface area contributed by atoms with Crippen LogP contribution in [0, 0.1) is 12.8 Å². The van der Waals surface area contributed by atoms with E-state index < -0.39 is 23.4 Å². The van der Waals surface area contributed by atoms with E-state index in [0.29, 0.717) is 16.9 Å². The van der Waals surface area contributed by atoms with Gasteiger partial charge >= 0.3 is 6.09 Å². The van der Waals surface area contributed by atoms with Crippen molar-refractivity contribution in [2.24, 2.45) is 5.92 Å². The summed E-state index contributed by atoms with van der Waals surface area (Å²) in [7, 11) is 0. The number of aromatic hydroxyl groups is 1. The normalized spacial score (nSPS) is 18.4. The van der Waals surface area contributed by atoms with Crippen LogP contribution in [0.3, 0.4) is 0 Å². The highest BCUT2D eigenvalue weighted by Gasteiger charge is 2.31. The number of amides is 3. The van der Waals surface area contributed by atoms with Crippen LogP contribution in [-0.2, 0) is 11.3 Å². The van der Waals surface area contributed by atoms with Crippen molar-refractivity contribution in [1.82, 2.24) is 29.3 Å². The highest BCUT2D eigenvalue weighted by Crippen LogP contribution is 2.25. The van der Waals surface area contributed by atoms with Gasteiger partial charge in [0.25, 0.3) is 11.5 Å². The van der Waals surface area contributed by atoms with Crippen LogP contribution in [0.25, 0.3) is 11.7 Å². The second-order valence-corrected chi connectivity index (χ2v) is 9.93. The van der Waals surface area contributed by atoms with Crippen molar-refractivity contribution in [1.29, 1.82) is 0 Å². The molecule has 1 saturated carbocycles. The minimum absolute atomic E-state index is 0.00849. The molecule has 2 aliphatic rings. The van der Waals surface area contributed by atoms with E-state index in [1.54, 1.807) is 24.8 Å². The molecular formula is C24H32N6O6. The number of fused-ring (bicyclic) bond motifs is 1. The molecule has 2 aromatic heterocycles. The molecule has 194 valence electrons. The number of nitrogens with one attached hydrogen (secondary N) is 1. The molecule has 12 nitrogen and oxygen atoms in total. The van der Waals surface area contributed by atoms with Gasteiger partial charge in [0.1, 0.15) is 5.65 Å². The van der Waals surface area contributed by atoms with Gasteiger partial charge in [0, 0.05) is 49.9 Å². The molecule has 0 spiro atoms. The smallest absolute Gasteiger partial charge is 0.407 e. The minimum Gasteiger partial charge on any atom is -0.492 e. The molecule has 3 amide bonds. The summed E-state index contributed by atoms with van der Waals surface area (Å²) in [5.74, 6) is -1.42. The van der Waals surface area contributed by atoms with Crippen LogP contribution < -0.4 is 10.9 Å². The minimum atomic E-state index is -1.01. The fourth-order valence-corrected chi connectivity index (χ4v) is 4.49. The molecule has 0 radical (unpaired) electrons. The average molecular weight is 501 g/mol. The van der Waals surface area contributed by atoms with Crippen molar-refractivity contribution in [2.75, 3.05) is 19.6 Å². The molecule has 12 heteroatoms. The topological polar surface area (TPSA) is 149 Å². The SMILES string of the molecule is Cc1nn2c(O)c(C(=O)NC3CC3)c(=O)n(CC(C)C)c2c1/C=C/C(=O)N1CCN(C(=O)O)C[C@@H]1C. The predicted molar refractivity (Wildman–Crippen MR) is 131 cm³/mol. The van der Waals surface area contributed by atoms with Gasteiger partial charge in [0.15, 0.2) is 5.56 Å². The van der Waals surface area contributed by atoms with Crippen LogP contribution in [0.15, 0.2) is 10.9 Å². The van der Waals surface area contributed by atoms with Crippen LogP contribution >= 0.6 is 0 Å². The third kappa shape index (κ3) is 4.79. The Labute approximate surface area is 207 Å². The molecule has 0 aromatic carbocycles. The molecule has 2 fully saturated rings. The van der Waals surface area contributed by atoms with E-state index in [2.05, 4.69) is 10.4 Å². The molecule has 1 saturated heterocycles. The highest BCUT2D eigenvalue weighted by molar-refractivity contribution is 5.97. The van der Waals surface area contributed by atoms with Crippen LogP contribution in [0.2, 0.25) is 0 Å². The summed E-state index contributed by atoms with van der Waals surface area (Å²) in [5, 5.41) is 27.2. The second-order valence-electron chi connectivity index (χ2n) is 9.93. The quantitative estimate of drug-likeness (QED) is 0.506. The largest absolute Gasteiger partial charge is 0.492 e. The zero-order valence-electron chi connectivity index (χ0n) is 20.9. The molecule has 1 aliphatic heterocycles. The van der Waals surface area contributed by atoms with Crippen molar-refractivity contribution in [3.8, 4) is 5.88 Å². The summed E-state index contributed by atoms with van der Waals surface area (Å²) < 4.78 is 2.60. The van der Waals surface area contributed by atoms with E-state index in [4.69, 9.17) is 0 Å². The van der Waals surface area contributed by atoms with E-state index in [1.807, 2.05) is 13.8 Å². The zero-order valence-corrected chi connectivity index (χ0v) is 20.9. The standard InChI is InChI=1S/C24H32N6O6/c1-13(2)11-29-21-17(7-8-18(31)28-10-9-27(24(35)36)12-14(28)3)15(4)26-30(21)23(34)19(22(29)33)20(32)25-16-5-6-16/h7-8,13-14,16,34H,5-6,9-12H2,1-4H3,(H,25,32)(H,35,36)/b8-7+/t14-/m0/s1. The summed E-state index contributed by atoms with van der Waals surface area (Å²) in [4.78, 5) is 53.2. The lowest BCUT2D eigenvalue weighted by Gasteiger charge is -2.38. The van der Waals surface area contributed by atoms with Crippen LogP contribution in [0.4, 0.5) is 4.79 Å². The van der Waals surface area contributed by atoms with Crippen LogP contribution in [0.5, 0.6) is 5.88 Å². The molecular weight excluding hydrogens is 468 g/mol. The first-order chi connectivity index (χ1) is 17.0. The van der Waals surface area contributed by atoms with Crippen molar-refractivity contribution in [2.45, 2.75) is 59.2 Å². The Morgan fingerprint density at radius 2 is 1.92 bits per heavy atom. The lowest BCUT2D eigenvalue weighted by Crippen LogP contribution is -2.54. The summed E-state index contributed by atoms with van der Waals surface area (Å²) in [6, 6.07) is -0.290. The van der Waals surface area contributed by atoms with Crippen molar-refractivity contribution < 1.29 is 24.6 Å². The van der Waals surface area contributed by atoms with Gasteiger partial charge in [0.2, 0.25) is 11.8 Å². The lowest BCUT2D eigenvalue weighted by atomic mass is 10.1. The number of hydrogen-bond acceptors (Lipinski definition) is 6. The Bertz CT molecular complexity index is 1300. The number of carboxylic acid groups (broad SMARTS) is 1. The number of hydrogen-bond donors (Lipinski definition) is 3. The highest BCUT2D eigenvalue weighted by atomic mass is 16.4. The number of rotatable bonds is 6. The lowest BCUT2D eigenvalue weighted by molar-refractivity contribution is -0.129. The Morgan fingerprint density at radius 3 is 2.50 bits per heavy atom. The molecule has 3 N–H and O–H groups in total. The number of piperazine rings is 1. The van der Waals surface area contributed by atoms with E-state index in [0.717, 1.165) is 12.8 Å². The third-order valence-electron chi connectivity index (χ3n) is 6.48. The molecule has 36 heavy (non-hydrogen) atoms. The molecule has 4 rings (SSSR count). The van der Waals surface area contributed by atoms with Gasteiger partial charge in [-0.05, 0) is 38.7 Å². The van der Waals surface area contributed by atoms with E-state index >= 15 is 0 Å². The maximum atomic E-state index is 13.4. The summed E-state index contributed by atoms with van der Waals surface area (Å²) >= 11 is 0. The third-order valence-corrected chi connectivity index (χ3v) is 6.48. The maximum absolute atomic E-state index is 13.4. The fourth-order valence-electron chi connectivity index (χ4n) is 4.49. The fraction of sp³-hybridized carbons (Fsp3) is 0.542. The first-order valence-electron chi connectivity index (χ1n) is 12.1. The Kier molecular flexibility index (Phi) is 6.79. The van der Waals surface area contributed by atoms with Gasteiger partial charge in [-0.3, -0.25) is 19.0 Å².